The third-order valence-electron chi connectivity index (χ3n) is 5.82. The number of carbonyl (C=O) groups excluding carboxylic acids is 1. The highest BCUT2D eigenvalue weighted by atomic mass is 32.2. The SMILES string of the molecule is O=C(CN(c1ccccc1F)S(=O)(=O)c1ccccc1)N[C@H]1C[C@@H]2CC[C@@H]1C2. The smallest absolute Gasteiger partial charge is 0.264 e. The second-order valence-corrected chi connectivity index (χ2v) is 9.49. The molecule has 2 bridgehead atoms. The van der Waals surface area contributed by atoms with Crippen LogP contribution in [0.1, 0.15) is 25.7 Å². The Kier molecular flexibility index (Phi) is 5.10. The first kappa shape index (κ1) is 18.9. The van der Waals surface area contributed by atoms with Gasteiger partial charge in [0.1, 0.15) is 12.4 Å². The highest BCUT2D eigenvalue weighted by Crippen LogP contribution is 2.44. The van der Waals surface area contributed by atoms with Crippen molar-refractivity contribution in [1.82, 2.24) is 5.32 Å². The van der Waals surface area contributed by atoms with Crippen molar-refractivity contribution >= 4 is 21.6 Å². The Morgan fingerprint density at radius 2 is 1.75 bits per heavy atom. The summed E-state index contributed by atoms with van der Waals surface area (Å²) < 4.78 is 41.6. The second kappa shape index (κ2) is 7.54. The number of halogens is 1. The van der Waals surface area contributed by atoms with Crippen LogP contribution in [-0.2, 0) is 14.8 Å². The fourth-order valence-corrected chi connectivity index (χ4v) is 5.93. The van der Waals surface area contributed by atoms with E-state index < -0.39 is 28.3 Å². The summed E-state index contributed by atoms with van der Waals surface area (Å²) in [6, 6.07) is 13.5. The van der Waals surface area contributed by atoms with Gasteiger partial charge in [0.2, 0.25) is 5.91 Å². The van der Waals surface area contributed by atoms with Crippen molar-refractivity contribution in [2.24, 2.45) is 11.8 Å². The maximum Gasteiger partial charge on any atom is 0.264 e. The Morgan fingerprint density at radius 3 is 2.39 bits per heavy atom. The Morgan fingerprint density at radius 1 is 1.04 bits per heavy atom. The van der Waals surface area contributed by atoms with Crippen LogP contribution in [0.2, 0.25) is 0 Å². The van der Waals surface area contributed by atoms with Crippen molar-refractivity contribution in [1.29, 1.82) is 0 Å². The zero-order chi connectivity index (χ0) is 19.7. The first-order valence-corrected chi connectivity index (χ1v) is 11.0. The minimum atomic E-state index is -4.08. The van der Waals surface area contributed by atoms with Gasteiger partial charge in [-0.15, -0.1) is 0 Å². The van der Waals surface area contributed by atoms with E-state index in [1.54, 1.807) is 24.3 Å². The predicted octanol–water partition coefficient (Wildman–Crippen LogP) is 3.33. The number of nitrogens with zero attached hydrogens (tertiary/aromatic N) is 1. The van der Waals surface area contributed by atoms with Crippen LogP contribution in [0.15, 0.2) is 59.5 Å². The summed E-state index contributed by atoms with van der Waals surface area (Å²) in [7, 11) is -4.08. The van der Waals surface area contributed by atoms with E-state index in [4.69, 9.17) is 0 Å². The molecule has 2 aliphatic carbocycles. The fraction of sp³-hybridized carbons (Fsp3) is 0.381. The Hall–Kier alpha value is -2.41. The molecule has 28 heavy (non-hydrogen) atoms. The number of rotatable bonds is 6. The van der Waals surface area contributed by atoms with Gasteiger partial charge in [0.25, 0.3) is 10.0 Å². The lowest BCUT2D eigenvalue weighted by Crippen LogP contribution is -2.46. The second-order valence-electron chi connectivity index (χ2n) is 7.63. The maximum absolute atomic E-state index is 14.4. The number of hydrogen-bond acceptors (Lipinski definition) is 3. The van der Waals surface area contributed by atoms with Crippen LogP contribution in [0.3, 0.4) is 0 Å². The van der Waals surface area contributed by atoms with E-state index in [-0.39, 0.29) is 16.6 Å². The lowest BCUT2D eigenvalue weighted by molar-refractivity contribution is -0.120. The molecule has 2 aromatic rings. The highest BCUT2D eigenvalue weighted by Gasteiger charge is 2.40. The quantitative estimate of drug-likeness (QED) is 0.806. The van der Waals surface area contributed by atoms with Gasteiger partial charge in [0, 0.05) is 6.04 Å². The lowest BCUT2D eigenvalue weighted by Gasteiger charge is -2.27. The molecular weight excluding hydrogens is 379 g/mol. The molecule has 1 N–H and O–H groups in total. The standard InChI is InChI=1S/C21H23FN2O3S/c22-18-8-4-5-9-20(18)24(28(26,27)17-6-2-1-3-7-17)14-21(25)23-19-13-15-10-11-16(19)12-15/h1-9,15-16,19H,10-14H2,(H,23,25)/t15-,16-,19+/m1/s1. The number of fused-ring (bicyclic) bond motifs is 2. The molecule has 0 aromatic heterocycles. The summed E-state index contributed by atoms with van der Waals surface area (Å²) in [5.41, 5.74) is -0.130. The van der Waals surface area contributed by atoms with Crippen LogP contribution in [0.4, 0.5) is 10.1 Å². The number of amides is 1. The largest absolute Gasteiger partial charge is 0.352 e. The molecule has 5 nitrogen and oxygen atoms in total. The average Bonchev–Trinajstić information content (AvgIpc) is 3.30. The van der Waals surface area contributed by atoms with Gasteiger partial charge in [0.15, 0.2) is 0 Å². The van der Waals surface area contributed by atoms with Crippen LogP contribution < -0.4 is 9.62 Å². The van der Waals surface area contributed by atoms with E-state index in [9.17, 15) is 17.6 Å². The molecule has 0 saturated heterocycles. The van der Waals surface area contributed by atoms with Gasteiger partial charge in [-0.05, 0) is 55.4 Å². The van der Waals surface area contributed by atoms with Crippen molar-refractivity contribution in [2.45, 2.75) is 36.6 Å². The van der Waals surface area contributed by atoms with E-state index in [0.717, 1.165) is 23.6 Å². The maximum atomic E-state index is 14.4. The van der Waals surface area contributed by atoms with Crippen molar-refractivity contribution in [2.75, 3.05) is 10.8 Å². The van der Waals surface area contributed by atoms with E-state index in [2.05, 4.69) is 5.32 Å². The topological polar surface area (TPSA) is 66.5 Å². The summed E-state index contributed by atoms with van der Waals surface area (Å²) in [4.78, 5) is 12.7. The van der Waals surface area contributed by atoms with Gasteiger partial charge < -0.3 is 5.32 Å². The van der Waals surface area contributed by atoms with Crippen LogP contribution in [0.5, 0.6) is 0 Å². The normalized spacial score (nSPS) is 23.5. The van der Waals surface area contributed by atoms with Crippen molar-refractivity contribution < 1.29 is 17.6 Å². The summed E-state index contributed by atoms with van der Waals surface area (Å²) >= 11 is 0. The van der Waals surface area contributed by atoms with Crippen LogP contribution in [-0.4, -0.2) is 26.9 Å². The van der Waals surface area contributed by atoms with E-state index >= 15 is 0 Å². The molecule has 0 aliphatic heterocycles. The molecule has 3 atom stereocenters. The minimum absolute atomic E-state index is 0.0194. The zero-order valence-corrected chi connectivity index (χ0v) is 16.2. The van der Waals surface area contributed by atoms with Gasteiger partial charge in [-0.2, -0.15) is 0 Å². The monoisotopic (exact) mass is 402 g/mol. The Balaban J connectivity index is 1.60. The summed E-state index contributed by atoms with van der Waals surface area (Å²) in [5, 5.41) is 2.99. The molecule has 2 saturated carbocycles. The van der Waals surface area contributed by atoms with E-state index in [0.29, 0.717) is 11.8 Å². The molecule has 148 valence electrons. The molecule has 7 heteroatoms. The van der Waals surface area contributed by atoms with Crippen molar-refractivity contribution in [3.63, 3.8) is 0 Å². The van der Waals surface area contributed by atoms with Crippen LogP contribution in [0, 0.1) is 17.7 Å². The molecule has 0 spiro atoms. The summed E-state index contributed by atoms with van der Waals surface area (Å²) in [6.45, 7) is -0.452. The van der Waals surface area contributed by atoms with E-state index in [1.807, 2.05) is 0 Å². The molecule has 0 heterocycles. The van der Waals surface area contributed by atoms with Crippen molar-refractivity contribution in [3.05, 3.63) is 60.4 Å². The summed E-state index contributed by atoms with van der Waals surface area (Å²) in [6.07, 6.45) is 4.39. The highest BCUT2D eigenvalue weighted by molar-refractivity contribution is 7.92. The average molecular weight is 402 g/mol. The van der Waals surface area contributed by atoms with E-state index in [1.165, 1.54) is 36.8 Å². The lowest BCUT2D eigenvalue weighted by atomic mass is 9.95. The number of benzene rings is 2. The Bertz CT molecular complexity index is 965. The van der Waals surface area contributed by atoms with Gasteiger partial charge in [0.05, 0.1) is 10.6 Å². The number of nitrogens with one attached hydrogen (secondary N) is 1. The van der Waals surface area contributed by atoms with Gasteiger partial charge in [-0.3, -0.25) is 9.10 Å². The minimum Gasteiger partial charge on any atom is -0.352 e. The first-order valence-electron chi connectivity index (χ1n) is 9.57. The summed E-state index contributed by atoms with van der Waals surface area (Å²) in [5.74, 6) is 0.0441. The van der Waals surface area contributed by atoms with Gasteiger partial charge in [-0.1, -0.05) is 36.8 Å². The first-order chi connectivity index (χ1) is 13.4. The van der Waals surface area contributed by atoms with Gasteiger partial charge in [-0.25, -0.2) is 12.8 Å². The molecule has 2 aromatic carbocycles. The number of anilines is 1. The molecule has 0 unspecified atom stereocenters. The molecule has 2 fully saturated rings. The molecular formula is C21H23FN2O3S. The third kappa shape index (κ3) is 3.63. The third-order valence-corrected chi connectivity index (χ3v) is 7.60. The number of carbonyl (C=O) groups is 1. The zero-order valence-electron chi connectivity index (χ0n) is 15.4. The molecule has 0 radical (unpaired) electrons. The van der Waals surface area contributed by atoms with Crippen LogP contribution >= 0.6 is 0 Å². The number of hydrogen-bond donors (Lipinski definition) is 1. The fourth-order valence-electron chi connectivity index (χ4n) is 4.48. The molecule has 1 amide bonds. The van der Waals surface area contributed by atoms with Gasteiger partial charge >= 0.3 is 0 Å². The number of para-hydroxylation sites is 1. The van der Waals surface area contributed by atoms with Crippen molar-refractivity contribution in [3.8, 4) is 0 Å². The Labute approximate surface area is 164 Å². The number of sulfonamides is 1. The van der Waals surface area contributed by atoms with Crippen LogP contribution in [0.25, 0.3) is 0 Å². The molecule has 4 rings (SSSR count). The molecule has 2 aliphatic rings. The predicted molar refractivity (Wildman–Crippen MR) is 105 cm³/mol.